The number of carbonyl (C=O) groups excluding carboxylic acids is 11. The molecule has 5 rings (SSSR count). The molecule has 1 aliphatic heterocycles. The summed E-state index contributed by atoms with van der Waals surface area (Å²) in [6, 6.07) is 9.50. The first-order valence-electron chi connectivity index (χ1n) is 23.1. The fourth-order valence-corrected chi connectivity index (χ4v) is 2.98. The van der Waals surface area contributed by atoms with Crippen molar-refractivity contribution in [2.45, 2.75) is 33.1 Å². The number of carbonyl (C=O) groups is 11. The molecule has 0 amide bonds. The van der Waals surface area contributed by atoms with E-state index in [0.717, 1.165) is 58.9 Å². The van der Waals surface area contributed by atoms with Crippen molar-refractivity contribution in [1.82, 2.24) is 0 Å². The van der Waals surface area contributed by atoms with Crippen LogP contribution in [0.25, 0.3) is 13.2 Å². The zero-order valence-electron chi connectivity index (χ0n) is 47.7. The molecular weight excluding hydrogens is 1060 g/mol. The number of benzene rings is 1. The molecule has 82 heavy (non-hydrogen) atoms. The second-order valence-corrected chi connectivity index (χ2v) is 13.5. The molecule has 4 aliphatic rings. The number of ether oxygens (including phenoxy) is 7. The summed E-state index contributed by atoms with van der Waals surface area (Å²) in [4.78, 5) is 112. The molecule has 0 N–H and O–H groups in total. The Kier molecular flexibility index (Phi) is 68.6. The van der Waals surface area contributed by atoms with Crippen molar-refractivity contribution in [3.05, 3.63) is 219 Å². The van der Waals surface area contributed by atoms with Crippen LogP contribution < -0.4 is 10.4 Å². The van der Waals surface area contributed by atoms with E-state index in [1.807, 2.05) is 43.0 Å². The number of rotatable bonds is 7. The van der Waals surface area contributed by atoms with Crippen molar-refractivity contribution in [2.24, 2.45) is 0 Å². The van der Waals surface area contributed by atoms with Crippen molar-refractivity contribution in [3.63, 3.8) is 0 Å². The smallest absolute Gasteiger partial charge is 0.384 e. The van der Waals surface area contributed by atoms with Crippen molar-refractivity contribution >= 4 is 78.3 Å². The number of methoxy groups -OCH3 is 6. The quantitative estimate of drug-likeness (QED) is 0.0295. The number of cyclic esters (lactones) is 2. The van der Waals surface area contributed by atoms with Gasteiger partial charge >= 0.3 is 47.8 Å². The maximum atomic E-state index is 10.3. The minimum Gasteiger partial charge on any atom is -0.466 e. The highest BCUT2D eigenvalue weighted by atomic mass is 16.6. The summed E-state index contributed by atoms with van der Waals surface area (Å²) >= 11 is 0. The van der Waals surface area contributed by atoms with Gasteiger partial charge in [-0.2, -0.15) is 5.26 Å². The fourth-order valence-electron chi connectivity index (χ4n) is 2.98. The number of nitrogens with zero attached hydrogens (tertiary/aromatic N) is 1. The van der Waals surface area contributed by atoms with Crippen LogP contribution in [0.5, 0.6) is 0 Å². The molecule has 0 unspecified atom stereocenters. The first-order valence-corrected chi connectivity index (χ1v) is 23.1. The van der Waals surface area contributed by atoms with Gasteiger partial charge in [0.1, 0.15) is 0 Å². The second-order valence-electron chi connectivity index (χ2n) is 13.5. The van der Waals surface area contributed by atoms with E-state index in [1.54, 1.807) is 24.3 Å². The van der Waals surface area contributed by atoms with Crippen LogP contribution in [0.3, 0.4) is 0 Å². The SMILES string of the molecule is C1=CCC=C1.C1=CCCC=C1.C=CC#N.C=CC(=C)C.C=CC(C)=O.C=CC=C.C=c1ccccc1=C.COC(=O)/C=C/C(=O)OC.COC(=O)/C=C\C(=O)OC.COC(=O)C#CC(=O)OC.O=C1C=CC(=O)C=C1.O=C1C=CC(=O)O1. The molecule has 19 nitrogen and oxygen atoms in total. The first-order chi connectivity index (χ1) is 38.9. The Morgan fingerprint density at radius 2 is 0.793 bits per heavy atom. The predicted octanol–water partition coefficient (Wildman–Crippen LogP) is 7.46. The van der Waals surface area contributed by atoms with Crippen LogP contribution >= 0.6 is 0 Å². The van der Waals surface area contributed by atoms with E-state index >= 15 is 0 Å². The number of esters is 8. The molecule has 1 aromatic rings. The molecule has 19 heteroatoms. The molecule has 0 saturated carbocycles. The summed E-state index contributed by atoms with van der Waals surface area (Å²) in [6.45, 7) is 31.0. The standard InChI is InChI=1S/C8H8.2C6H8O4.C6H6O4.C6H4O2.C6H8.C5H6.C5H8.C4H2O3.C4H6O.C4H6.C3H3N/c1-7-5-3-4-6-8(7)2;3*1-9-5(7)3-4-6(8)10-2;7-5-1-2-6(8)4-3-5;1-2-4-6-5-3-1;1-2-4-5-3-1;1-4-5(2)3;5-3-1-2-4(6)7-3;1-3-4(2)5;1-3-4-2;1-2-3-4/h3-6H,1-2H2;2*3-4H,1-2H3;1-2H3;1-4H;1-4H,5-6H2;1-4H,5H2;4H,1-2H2,3H3;1-2H;3H,1H2,2H3;3-4H,1-2H2;2H,1H2/b;4-3+;4-3-;;;;;;;;;. The lowest BCUT2D eigenvalue weighted by molar-refractivity contribution is -0.150. The fraction of sp³-hybridized carbons (Fsp3) is 0.175. The zero-order chi connectivity index (χ0) is 64.4. The third-order valence-electron chi connectivity index (χ3n) is 7.08. The average Bonchev–Trinajstić information content (AvgIpc) is 4.23. The van der Waals surface area contributed by atoms with E-state index in [1.165, 1.54) is 98.9 Å². The van der Waals surface area contributed by atoms with Gasteiger partial charge in [0, 0.05) is 54.4 Å². The highest BCUT2D eigenvalue weighted by molar-refractivity contribution is 6.14. The Morgan fingerprint density at radius 1 is 0.512 bits per heavy atom. The summed E-state index contributed by atoms with van der Waals surface area (Å²) < 4.78 is 29.1. The Hall–Kier alpha value is -10.9. The lowest BCUT2D eigenvalue weighted by atomic mass is 10.2. The highest BCUT2D eigenvalue weighted by Gasteiger charge is 2.10. The van der Waals surface area contributed by atoms with E-state index in [-0.39, 0.29) is 17.3 Å². The van der Waals surface area contributed by atoms with Crippen molar-refractivity contribution < 1.29 is 85.9 Å². The molecular formula is C63H73NO18. The molecule has 438 valence electrons. The zero-order valence-corrected chi connectivity index (χ0v) is 47.7. The number of allylic oxidation sites excluding steroid dienone is 18. The van der Waals surface area contributed by atoms with Gasteiger partial charge < -0.3 is 33.2 Å². The van der Waals surface area contributed by atoms with Crippen molar-refractivity contribution in [2.75, 3.05) is 42.7 Å². The van der Waals surface area contributed by atoms with E-state index in [4.69, 9.17) is 5.26 Å². The summed E-state index contributed by atoms with van der Waals surface area (Å²) in [6.07, 6.45) is 39.1. The van der Waals surface area contributed by atoms with Crippen LogP contribution in [0, 0.1) is 23.2 Å². The third kappa shape index (κ3) is 80.5. The monoisotopic (exact) mass is 1130 g/mol. The van der Waals surface area contributed by atoms with Crippen LogP contribution in [0.4, 0.5) is 0 Å². The Balaban J connectivity index is -0.000000151. The Bertz CT molecular complexity index is 2520. The molecule has 0 aromatic heterocycles. The maximum Gasteiger partial charge on any atom is 0.384 e. The van der Waals surface area contributed by atoms with E-state index < -0.39 is 47.8 Å². The molecule has 0 atom stereocenters. The van der Waals surface area contributed by atoms with Gasteiger partial charge in [-0.1, -0.05) is 149 Å². The number of nitriles is 1. The largest absolute Gasteiger partial charge is 0.466 e. The lowest BCUT2D eigenvalue weighted by Crippen LogP contribution is -2.19. The number of hydrogen-bond donors (Lipinski definition) is 0. The molecule has 0 saturated heterocycles. The topological polar surface area (TPSA) is 276 Å². The molecule has 0 spiro atoms. The van der Waals surface area contributed by atoms with Gasteiger partial charge in [0.2, 0.25) is 0 Å². The lowest BCUT2D eigenvalue weighted by Gasteiger charge is -1.89. The summed E-state index contributed by atoms with van der Waals surface area (Å²) in [5.74, 6) is -1.42. The third-order valence-corrected chi connectivity index (χ3v) is 7.08. The molecule has 0 bridgehead atoms. The molecule has 3 aliphatic carbocycles. The Labute approximate surface area is 481 Å². The maximum absolute atomic E-state index is 10.3. The molecule has 0 fully saturated rings. The molecule has 0 radical (unpaired) electrons. The van der Waals surface area contributed by atoms with Gasteiger partial charge in [0.05, 0.1) is 48.7 Å². The first kappa shape index (κ1) is 85.0. The van der Waals surface area contributed by atoms with Gasteiger partial charge in [-0.05, 0) is 73.9 Å². The summed E-state index contributed by atoms with van der Waals surface area (Å²) in [5.41, 5.74) is 1.02. The Morgan fingerprint density at radius 3 is 0.927 bits per heavy atom. The van der Waals surface area contributed by atoms with Gasteiger partial charge in [-0.3, -0.25) is 14.4 Å². The van der Waals surface area contributed by atoms with Gasteiger partial charge in [0.15, 0.2) is 17.3 Å². The van der Waals surface area contributed by atoms with E-state index in [2.05, 4.69) is 134 Å². The van der Waals surface area contributed by atoms with Gasteiger partial charge in [-0.15, -0.1) is 0 Å². The van der Waals surface area contributed by atoms with Crippen LogP contribution in [0.2, 0.25) is 0 Å². The van der Waals surface area contributed by atoms with E-state index in [0.29, 0.717) is 0 Å². The van der Waals surface area contributed by atoms with Crippen molar-refractivity contribution in [3.8, 4) is 17.9 Å². The van der Waals surface area contributed by atoms with Crippen molar-refractivity contribution in [1.29, 1.82) is 5.26 Å². The van der Waals surface area contributed by atoms with Crippen LogP contribution in [0.15, 0.2) is 209 Å². The van der Waals surface area contributed by atoms with Crippen LogP contribution in [-0.2, 0) is 85.9 Å². The van der Waals surface area contributed by atoms with Crippen LogP contribution in [0.1, 0.15) is 33.1 Å². The molecule has 1 heterocycles. The predicted molar refractivity (Wildman–Crippen MR) is 316 cm³/mol. The van der Waals surface area contributed by atoms with Gasteiger partial charge in [0.25, 0.3) is 0 Å². The summed E-state index contributed by atoms with van der Waals surface area (Å²) in [7, 11) is 7.25. The van der Waals surface area contributed by atoms with E-state index in [9.17, 15) is 52.7 Å². The number of ketones is 3. The number of hydrogen-bond acceptors (Lipinski definition) is 19. The second kappa shape index (κ2) is 66.2. The normalized spacial score (nSPS) is 10.9. The highest BCUT2D eigenvalue weighted by Crippen LogP contribution is 1.98. The van der Waals surface area contributed by atoms with Gasteiger partial charge in [-0.25, -0.2) is 38.4 Å². The average molecular weight is 1130 g/mol. The van der Waals surface area contributed by atoms with Crippen LogP contribution in [-0.4, -0.2) is 108 Å². The molecule has 1 aromatic carbocycles. The minimum atomic E-state index is -0.759. The minimum absolute atomic E-state index is 0.0185. The summed E-state index contributed by atoms with van der Waals surface area (Å²) in [5, 5.41) is 9.52.